The number of carboxylic acids is 1. The van der Waals surface area contributed by atoms with Crippen LogP contribution in [0, 0.1) is 5.82 Å². The molecular formula is C7H3F2NaO3. The molecule has 0 aliphatic heterocycles. The van der Waals surface area contributed by atoms with E-state index in [0.29, 0.717) is 0 Å². The van der Waals surface area contributed by atoms with E-state index in [9.17, 15) is 18.8 Å². The van der Waals surface area contributed by atoms with Gasteiger partial charge in [-0.05, 0) is 12.1 Å². The second-order valence-corrected chi connectivity index (χ2v) is 1.98. The molecule has 0 saturated carbocycles. The van der Waals surface area contributed by atoms with Crippen LogP contribution < -0.4 is 39.6 Å². The number of benzene rings is 1. The van der Waals surface area contributed by atoms with E-state index in [-0.39, 0.29) is 29.6 Å². The van der Waals surface area contributed by atoms with Gasteiger partial charge in [-0.3, -0.25) is 4.94 Å². The molecule has 1 aromatic rings. The van der Waals surface area contributed by atoms with E-state index in [0.717, 1.165) is 18.2 Å². The number of rotatable bonds is 2. The van der Waals surface area contributed by atoms with Gasteiger partial charge in [0, 0.05) is 10.1 Å². The minimum absolute atomic E-state index is 0. The Balaban J connectivity index is 0.00000144. The summed E-state index contributed by atoms with van der Waals surface area (Å²) in [5.74, 6) is -3.74. The normalized spacial score (nSPS) is 8.77. The summed E-state index contributed by atoms with van der Waals surface area (Å²) in [6.45, 7) is 0. The summed E-state index contributed by atoms with van der Waals surface area (Å²) in [6, 6.07) is 2.97. The molecule has 6 heteroatoms. The van der Waals surface area contributed by atoms with Gasteiger partial charge in [0.1, 0.15) is 0 Å². The molecule has 0 heterocycles. The molecule has 13 heavy (non-hydrogen) atoms. The van der Waals surface area contributed by atoms with Crippen molar-refractivity contribution >= 4 is 5.97 Å². The Morgan fingerprint density at radius 3 is 2.46 bits per heavy atom. The molecule has 0 bridgehead atoms. The van der Waals surface area contributed by atoms with Gasteiger partial charge in [-0.15, -0.1) is 0 Å². The molecule has 0 aliphatic carbocycles. The molecule has 0 amide bonds. The van der Waals surface area contributed by atoms with Crippen LogP contribution in [-0.4, -0.2) is 5.97 Å². The second kappa shape index (κ2) is 5.16. The fourth-order valence-corrected chi connectivity index (χ4v) is 0.748. The van der Waals surface area contributed by atoms with Gasteiger partial charge in [-0.1, -0.05) is 6.07 Å². The maximum Gasteiger partial charge on any atom is 1.00 e. The Hall–Kier alpha value is -0.650. The summed E-state index contributed by atoms with van der Waals surface area (Å²) in [5.41, 5.74) is -0.655. The monoisotopic (exact) mass is 196 g/mol. The molecule has 1 rings (SSSR count). The Morgan fingerprint density at radius 1 is 1.46 bits per heavy atom. The zero-order chi connectivity index (χ0) is 9.14. The number of aromatic carboxylic acids is 1. The van der Waals surface area contributed by atoms with Crippen LogP contribution in [0.5, 0.6) is 5.75 Å². The van der Waals surface area contributed by atoms with Crippen molar-refractivity contribution in [3.05, 3.63) is 29.6 Å². The average molecular weight is 196 g/mol. The van der Waals surface area contributed by atoms with Crippen LogP contribution in [0.15, 0.2) is 18.2 Å². The Morgan fingerprint density at radius 2 is 2.08 bits per heavy atom. The fourth-order valence-electron chi connectivity index (χ4n) is 0.748. The predicted octanol–water partition coefficient (Wildman–Crippen LogP) is -2.54. The van der Waals surface area contributed by atoms with Crippen molar-refractivity contribution in [2.45, 2.75) is 0 Å². The number of hydrogen-bond donors (Lipinski definition) is 0. The van der Waals surface area contributed by atoms with Gasteiger partial charge in [-0.2, -0.15) is 0 Å². The van der Waals surface area contributed by atoms with Gasteiger partial charge in [0.15, 0.2) is 5.82 Å². The molecule has 0 fully saturated rings. The first-order chi connectivity index (χ1) is 5.66. The molecule has 0 radical (unpaired) electrons. The minimum Gasteiger partial charge on any atom is -0.545 e. The number of hydrogen-bond acceptors (Lipinski definition) is 3. The quantitative estimate of drug-likeness (QED) is 0.489. The molecule has 0 N–H and O–H groups in total. The second-order valence-electron chi connectivity index (χ2n) is 1.98. The van der Waals surface area contributed by atoms with E-state index in [4.69, 9.17) is 0 Å². The van der Waals surface area contributed by atoms with Crippen molar-refractivity contribution in [1.82, 2.24) is 0 Å². The van der Waals surface area contributed by atoms with Crippen molar-refractivity contribution in [2.24, 2.45) is 0 Å². The molecule has 0 aromatic heterocycles. The van der Waals surface area contributed by atoms with E-state index in [1.54, 1.807) is 0 Å². The summed E-state index contributed by atoms with van der Waals surface area (Å²) in [6.07, 6.45) is 0. The summed E-state index contributed by atoms with van der Waals surface area (Å²) >= 11 is 0. The molecule has 0 saturated heterocycles. The number of carbonyl (C=O) groups is 1. The van der Waals surface area contributed by atoms with Crippen LogP contribution in [-0.2, 0) is 0 Å². The minimum atomic E-state index is -1.69. The third-order valence-corrected chi connectivity index (χ3v) is 1.26. The first-order valence-electron chi connectivity index (χ1n) is 2.95. The molecule has 0 aliphatic rings. The van der Waals surface area contributed by atoms with Crippen molar-refractivity contribution in [3.8, 4) is 5.75 Å². The molecular weight excluding hydrogens is 193 g/mol. The van der Waals surface area contributed by atoms with Gasteiger partial charge in [0.25, 0.3) is 0 Å². The molecule has 0 spiro atoms. The zero-order valence-electron chi connectivity index (χ0n) is 6.71. The van der Waals surface area contributed by atoms with Crippen molar-refractivity contribution in [1.29, 1.82) is 0 Å². The first kappa shape index (κ1) is 12.3. The van der Waals surface area contributed by atoms with Gasteiger partial charge in [0.05, 0.1) is 5.97 Å². The third-order valence-electron chi connectivity index (χ3n) is 1.26. The van der Waals surface area contributed by atoms with Crippen LogP contribution in [0.2, 0.25) is 0 Å². The van der Waals surface area contributed by atoms with Gasteiger partial charge < -0.3 is 9.90 Å². The van der Waals surface area contributed by atoms with Crippen molar-refractivity contribution < 1.29 is 53.3 Å². The van der Waals surface area contributed by atoms with E-state index in [1.165, 1.54) is 0 Å². The zero-order valence-corrected chi connectivity index (χ0v) is 8.71. The van der Waals surface area contributed by atoms with E-state index < -0.39 is 23.1 Å². The number of para-hydroxylation sites is 1. The summed E-state index contributed by atoms with van der Waals surface area (Å²) in [5, 5.41) is 10.2. The summed E-state index contributed by atoms with van der Waals surface area (Å²) in [4.78, 5) is 13.2. The van der Waals surface area contributed by atoms with Gasteiger partial charge >= 0.3 is 29.6 Å². The van der Waals surface area contributed by atoms with Crippen LogP contribution in [0.1, 0.15) is 10.4 Å². The van der Waals surface area contributed by atoms with Crippen LogP contribution >= 0.6 is 0 Å². The van der Waals surface area contributed by atoms with Crippen molar-refractivity contribution in [3.63, 3.8) is 0 Å². The molecule has 1 aromatic carbocycles. The Labute approximate surface area is 94.5 Å². The SMILES string of the molecule is O=C([O-])c1cccc(F)c1OF.[Na+]. The Kier molecular flexibility index (Phi) is 4.90. The van der Waals surface area contributed by atoms with Crippen LogP contribution in [0.25, 0.3) is 0 Å². The van der Waals surface area contributed by atoms with E-state index in [1.807, 2.05) is 0 Å². The fraction of sp³-hybridized carbons (Fsp3) is 0. The number of carboxylic acid groups (broad SMARTS) is 1. The Bertz CT molecular complexity index is 317. The maximum atomic E-state index is 12.6. The molecule has 64 valence electrons. The summed E-state index contributed by atoms with van der Waals surface area (Å²) in [7, 11) is 0. The van der Waals surface area contributed by atoms with Gasteiger partial charge in [0.2, 0.25) is 5.75 Å². The maximum absolute atomic E-state index is 12.6. The largest absolute Gasteiger partial charge is 1.00 e. The average Bonchev–Trinajstić information content (AvgIpc) is 2.03. The topological polar surface area (TPSA) is 49.4 Å². The van der Waals surface area contributed by atoms with Crippen molar-refractivity contribution in [2.75, 3.05) is 0 Å². The third kappa shape index (κ3) is 2.65. The van der Waals surface area contributed by atoms with E-state index in [2.05, 4.69) is 4.94 Å². The molecule has 0 unspecified atom stereocenters. The van der Waals surface area contributed by atoms with Crippen LogP contribution in [0.4, 0.5) is 8.92 Å². The predicted molar refractivity (Wildman–Crippen MR) is 32.5 cm³/mol. The number of carbonyl (C=O) groups excluding carboxylic acids is 1. The first-order valence-corrected chi connectivity index (χ1v) is 2.95. The van der Waals surface area contributed by atoms with E-state index >= 15 is 0 Å². The van der Waals surface area contributed by atoms with Crippen LogP contribution in [0.3, 0.4) is 0 Å². The molecule has 0 atom stereocenters. The van der Waals surface area contributed by atoms with Gasteiger partial charge in [-0.25, -0.2) is 4.39 Å². The standard InChI is InChI=1S/C7H4F2O3.Na/c8-5-3-1-2-4(7(10)11)6(5)12-9;/h1-3H,(H,10,11);/q;+1/p-1. The molecule has 3 nitrogen and oxygen atoms in total. The number of halogens is 2. The summed E-state index contributed by atoms with van der Waals surface area (Å²) < 4.78 is 24.1. The smallest absolute Gasteiger partial charge is 0.545 e.